The number of carbonyl (C=O) groups is 1. The number of amides is 1. The molecule has 1 amide bonds. The zero-order valence-corrected chi connectivity index (χ0v) is 13.3. The topological polar surface area (TPSA) is 55.1 Å². The van der Waals surface area contributed by atoms with Crippen LogP contribution in [0.4, 0.5) is 0 Å². The molecule has 0 heterocycles. The van der Waals surface area contributed by atoms with Crippen LogP contribution in [0.1, 0.15) is 57.4 Å². The van der Waals surface area contributed by atoms with Crippen molar-refractivity contribution in [2.45, 2.75) is 57.4 Å². The van der Waals surface area contributed by atoms with Crippen molar-refractivity contribution in [2.75, 3.05) is 6.54 Å². The van der Waals surface area contributed by atoms with Gasteiger partial charge >= 0.3 is 0 Å². The first-order valence-electron chi connectivity index (χ1n) is 8.12. The van der Waals surface area contributed by atoms with Crippen molar-refractivity contribution in [3.05, 3.63) is 35.9 Å². The molecule has 3 heteroatoms. The Morgan fingerprint density at radius 1 is 1.24 bits per heavy atom. The molecule has 3 N–H and O–H groups in total. The summed E-state index contributed by atoms with van der Waals surface area (Å²) in [6, 6.07) is 10.3. The highest BCUT2D eigenvalue weighted by Crippen LogP contribution is 2.31. The third-order valence-corrected chi connectivity index (χ3v) is 4.79. The van der Waals surface area contributed by atoms with Crippen LogP contribution < -0.4 is 11.1 Å². The number of hydrogen-bond donors (Lipinski definition) is 2. The van der Waals surface area contributed by atoms with Crippen LogP contribution in [0, 0.1) is 5.92 Å². The molecule has 116 valence electrons. The summed E-state index contributed by atoms with van der Waals surface area (Å²) in [5.74, 6) is 0.850. The Balaban J connectivity index is 2.02. The number of rotatable bonds is 6. The number of nitrogens with one attached hydrogen (secondary N) is 1. The van der Waals surface area contributed by atoms with Gasteiger partial charge in [0.2, 0.25) is 5.91 Å². The van der Waals surface area contributed by atoms with Crippen LogP contribution in [0.2, 0.25) is 0 Å². The van der Waals surface area contributed by atoms with E-state index in [4.69, 9.17) is 5.73 Å². The molecule has 0 radical (unpaired) electrons. The van der Waals surface area contributed by atoms with Crippen molar-refractivity contribution in [3.8, 4) is 0 Å². The van der Waals surface area contributed by atoms with Crippen LogP contribution in [0.25, 0.3) is 0 Å². The summed E-state index contributed by atoms with van der Waals surface area (Å²) in [7, 11) is 0. The van der Waals surface area contributed by atoms with E-state index < -0.39 is 0 Å². The van der Waals surface area contributed by atoms with Crippen molar-refractivity contribution in [2.24, 2.45) is 11.7 Å². The van der Waals surface area contributed by atoms with Gasteiger partial charge in [0.25, 0.3) is 0 Å². The molecule has 1 saturated carbocycles. The van der Waals surface area contributed by atoms with Gasteiger partial charge in [-0.1, -0.05) is 57.0 Å². The lowest BCUT2D eigenvalue weighted by atomic mass is 9.85. The maximum Gasteiger partial charge on any atom is 0.221 e. The summed E-state index contributed by atoms with van der Waals surface area (Å²) in [6.07, 6.45) is 4.93. The third-order valence-electron chi connectivity index (χ3n) is 4.79. The van der Waals surface area contributed by atoms with Crippen molar-refractivity contribution >= 4 is 5.91 Å². The number of carbonyl (C=O) groups excluding carboxylic acids is 1. The molecular formula is C18H28N2O. The van der Waals surface area contributed by atoms with Crippen LogP contribution in [-0.2, 0) is 4.79 Å². The zero-order chi connectivity index (χ0) is 15.3. The van der Waals surface area contributed by atoms with Crippen LogP contribution in [0.15, 0.2) is 30.3 Å². The van der Waals surface area contributed by atoms with Crippen molar-refractivity contribution in [1.82, 2.24) is 5.32 Å². The van der Waals surface area contributed by atoms with Gasteiger partial charge in [-0.05, 0) is 30.2 Å². The summed E-state index contributed by atoms with van der Waals surface area (Å²) < 4.78 is 0. The van der Waals surface area contributed by atoms with Crippen LogP contribution in [-0.4, -0.2) is 18.0 Å². The minimum Gasteiger partial charge on any atom is -0.349 e. The molecule has 1 fully saturated rings. The summed E-state index contributed by atoms with van der Waals surface area (Å²) in [5.41, 5.74) is 7.01. The van der Waals surface area contributed by atoms with E-state index in [9.17, 15) is 4.79 Å². The highest BCUT2D eigenvalue weighted by molar-refractivity contribution is 5.78. The average molecular weight is 288 g/mol. The SMILES string of the molecule is CC(C)C(CC(=O)NC1(CN)CCCC1)c1ccccc1. The minimum absolute atomic E-state index is 0.143. The molecule has 3 nitrogen and oxygen atoms in total. The molecule has 1 aliphatic rings. The first-order chi connectivity index (χ1) is 10.1. The summed E-state index contributed by atoms with van der Waals surface area (Å²) >= 11 is 0. The molecule has 1 aliphatic carbocycles. The first-order valence-corrected chi connectivity index (χ1v) is 8.12. The Morgan fingerprint density at radius 3 is 2.38 bits per heavy atom. The lowest BCUT2D eigenvalue weighted by molar-refractivity contribution is -0.123. The Kier molecular flexibility index (Phi) is 5.40. The molecule has 1 aromatic rings. The van der Waals surface area contributed by atoms with Crippen LogP contribution in [0.3, 0.4) is 0 Å². The van der Waals surface area contributed by atoms with Crippen LogP contribution >= 0.6 is 0 Å². The molecule has 0 aliphatic heterocycles. The average Bonchev–Trinajstić information content (AvgIpc) is 2.94. The molecule has 1 aromatic carbocycles. The minimum atomic E-state index is -0.144. The van der Waals surface area contributed by atoms with E-state index in [0.29, 0.717) is 18.9 Å². The fraction of sp³-hybridized carbons (Fsp3) is 0.611. The molecular weight excluding hydrogens is 260 g/mol. The van der Waals surface area contributed by atoms with E-state index in [0.717, 1.165) is 12.8 Å². The maximum absolute atomic E-state index is 12.5. The normalized spacial score (nSPS) is 18.7. The van der Waals surface area contributed by atoms with E-state index in [-0.39, 0.29) is 17.4 Å². The van der Waals surface area contributed by atoms with Gasteiger partial charge in [0.15, 0.2) is 0 Å². The van der Waals surface area contributed by atoms with Crippen molar-refractivity contribution in [3.63, 3.8) is 0 Å². The summed E-state index contributed by atoms with van der Waals surface area (Å²) in [4.78, 5) is 12.5. The summed E-state index contributed by atoms with van der Waals surface area (Å²) in [6.45, 7) is 4.91. The van der Waals surface area contributed by atoms with E-state index >= 15 is 0 Å². The Bertz CT molecular complexity index is 450. The van der Waals surface area contributed by atoms with Gasteiger partial charge in [0.1, 0.15) is 0 Å². The fourth-order valence-corrected chi connectivity index (χ4v) is 3.42. The third kappa shape index (κ3) is 4.07. The first kappa shape index (κ1) is 16.0. The fourth-order valence-electron chi connectivity index (χ4n) is 3.42. The second-order valence-electron chi connectivity index (χ2n) is 6.71. The van der Waals surface area contributed by atoms with Gasteiger partial charge in [-0.3, -0.25) is 4.79 Å². The Morgan fingerprint density at radius 2 is 1.86 bits per heavy atom. The van der Waals surface area contributed by atoms with E-state index in [2.05, 4.69) is 31.3 Å². The molecule has 21 heavy (non-hydrogen) atoms. The second kappa shape index (κ2) is 7.08. The highest BCUT2D eigenvalue weighted by Gasteiger charge is 2.34. The molecule has 0 bridgehead atoms. The quantitative estimate of drug-likeness (QED) is 0.844. The maximum atomic E-state index is 12.5. The predicted molar refractivity (Wildman–Crippen MR) is 87.0 cm³/mol. The van der Waals surface area contributed by atoms with E-state index in [1.807, 2.05) is 18.2 Å². The predicted octanol–water partition coefficient (Wildman–Crippen LogP) is 3.20. The van der Waals surface area contributed by atoms with Gasteiger partial charge in [0.05, 0.1) is 5.54 Å². The molecule has 0 spiro atoms. The van der Waals surface area contributed by atoms with Crippen molar-refractivity contribution in [1.29, 1.82) is 0 Å². The standard InChI is InChI=1S/C18H28N2O/c1-14(2)16(15-8-4-3-5-9-15)12-17(21)20-18(13-19)10-6-7-11-18/h3-5,8-9,14,16H,6-7,10-13,19H2,1-2H3,(H,20,21). The number of benzene rings is 1. The molecule has 1 atom stereocenters. The van der Waals surface area contributed by atoms with Gasteiger partial charge < -0.3 is 11.1 Å². The van der Waals surface area contributed by atoms with E-state index in [1.54, 1.807) is 0 Å². The summed E-state index contributed by atoms with van der Waals surface area (Å²) in [5, 5.41) is 3.23. The van der Waals surface area contributed by atoms with Gasteiger partial charge in [-0.2, -0.15) is 0 Å². The van der Waals surface area contributed by atoms with Gasteiger partial charge in [0, 0.05) is 13.0 Å². The van der Waals surface area contributed by atoms with Gasteiger partial charge in [-0.25, -0.2) is 0 Å². The lowest BCUT2D eigenvalue weighted by Gasteiger charge is -2.30. The van der Waals surface area contributed by atoms with Crippen LogP contribution in [0.5, 0.6) is 0 Å². The molecule has 1 unspecified atom stereocenters. The molecule has 2 rings (SSSR count). The largest absolute Gasteiger partial charge is 0.349 e. The Labute approximate surface area is 128 Å². The zero-order valence-electron chi connectivity index (χ0n) is 13.3. The highest BCUT2D eigenvalue weighted by atomic mass is 16.1. The Hall–Kier alpha value is -1.35. The second-order valence-corrected chi connectivity index (χ2v) is 6.71. The molecule has 0 saturated heterocycles. The molecule has 0 aromatic heterocycles. The smallest absolute Gasteiger partial charge is 0.221 e. The van der Waals surface area contributed by atoms with E-state index in [1.165, 1.54) is 18.4 Å². The number of nitrogens with two attached hydrogens (primary N) is 1. The lowest BCUT2D eigenvalue weighted by Crippen LogP contribution is -2.52. The number of hydrogen-bond acceptors (Lipinski definition) is 2. The van der Waals surface area contributed by atoms with Gasteiger partial charge in [-0.15, -0.1) is 0 Å². The van der Waals surface area contributed by atoms with Crippen molar-refractivity contribution < 1.29 is 4.79 Å². The monoisotopic (exact) mass is 288 g/mol.